The SMILES string of the molecule is COc1cc(C)c(C(=O)OC2CCC(N(C(=O)OC(C)(C)C)C3CCC(C)CC3)CC2)c(OC)c1. The van der Waals surface area contributed by atoms with E-state index in [0.717, 1.165) is 56.9 Å². The first-order chi connectivity index (χ1) is 16.5. The maximum Gasteiger partial charge on any atom is 0.410 e. The summed E-state index contributed by atoms with van der Waals surface area (Å²) in [6, 6.07) is 3.83. The van der Waals surface area contributed by atoms with Gasteiger partial charge in [0.2, 0.25) is 0 Å². The summed E-state index contributed by atoms with van der Waals surface area (Å²) in [6.07, 6.45) is 6.95. The molecule has 1 aromatic rings. The van der Waals surface area contributed by atoms with Gasteiger partial charge in [-0.2, -0.15) is 0 Å². The van der Waals surface area contributed by atoms with Crippen molar-refractivity contribution in [2.45, 2.75) is 110 Å². The fourth-order valence-corrected chi connectivity index (χ4v) is 5.35. The second-order valence-electron chi connectivity index (χ2n) is 11.2. The molecule has 1 aromatic carbocycles. The quantitative estimate of drug-likeness (QED) is 0.437. The molecule has 0 aliphatic heterocycles. The van der Waals surface area contributed by atoms with Crippen LogP contribution in [0.4, 0.5) is 4.79 Å². The number of esters is 1. The number of ether oxygens (including phenoxy) is 4. The van der Waals surface area contributed by atoms with Crippen LogP contribution in [0.1, 0.15) is 95.0 Å². The summed E-state index contributed by atoms with van der Waals surface area (Å²) < 4.78 is 22.4. The smallest absolute Gasteiger partial charge is 0.410 e. The molecule has 0 saturated heterocycles. The van der Waals surface area contributed by atoms with Crippen LogP contribution < -0.4 is 9.47 Å². The Kier molecular flexibility index (Phi) is 8.94. The van der Waals surface area contributed by atoms with Gasteiger partial charge in [0.15, 0.2) is 0 Å². The Morgan fingerprint density at radius 1 is 0.886 bits per heavy atom. The van der Waals surface area contributed by atoms with Gasteiger partial charge in [0, 0.05) is 18.2 Å². The van der Waals surface area contributed by atoms with Gasteiger partial charge in [-0.3, -0.25) is 0 Å². The Balaban J connectivity index is 1.66. The standard InChI is InChI=1S/C28H43NO6/c1-18-8-10-20(11-9-18)29(27(31)35-28(3,4)5)21-12-14-22(15-13-21)34-26(30)25-19(2)16-23(32-6)17-24(25)33-7/h16-18,20-22H,8-15H2,1-7H3. The predicted molar refractivity (Wildman–Crippen MR) is 135 cm³/mol. The first-order valence-corrected chi connectivity index (χ1v) is 13.0. The zero-order chi connectivity index (χ0) is 25.8. The van der Waals surface area contributed by atoms with Gasteiger partial charge < -0.3 is 23.8 Å². The van der Waals surface area contributed by atoms with Gasteiger partial charge in [-0.25, -0.2) is 9.59 Å². The van der Waals surface area contributed by atoms with Crippen molar-refractivity contribution in [1.29, 1.82) is 0 Å². The Labute approximate surface area is 210 Å². The number of amides is 1. The lowest BCUT2D eigenvalue weighted by Gasteiger charge is -2.43. The molecule has 3 rings (SSSR count). The molecule has 0 unspecified atom stereocenters. The van der Waals surface area contributed by atoms with E-state index < -0.39 is 5.60 Å². The van der Waals surface area contributed by atoms with Gasteiger partial charge in [0.1, 0.15) is 28.8 Å². The molecule has 35 heavy (non-hydrogen) atoms. The minimum atomic E-state index is -0.528. The molecule has 0 heterocycles. The average Bonchev–Trinajstić information content (AvgIpc) is 2.79. The van der Waals surface area contributed by atoms with Crippen LogP contribution >= 0.6 is 0 Å². The molecule has 2 aliphatic carbocycles. The van der Waals surface area contributed by atoms with Crippen LogP contribution in [0.25, 0.3) is 0 Å². The first kappa shape index (κ1) is 27.2. The molecular formula is C28H43NO6. The van der Waals surface area contributed by atoms with Crippen molar-refractivity contribution in [3.63, 3.8) is 0 Å². The highest BCUT2D eigenvalue weighted by Crippen LogP contribution is 2.35. The molecule has 2 aliphatic rings. The number of aryl methyl sites for hydroxylation is 1. The highest BCUT2D eigenvalue weighted by Gasteiger charge is 2.38. The third-order valence-corrected chi connectivity index (χ3v) is 7.23. The van der Waals surface area contributed by atoms with Crippen LogP contribution in [-0.4, -0.2) is 55.0 Å². The van der Waals surface area contributed by atoms with Gasteiger partial charge in [-0.15, -0.1) is 0 Å². The van der Waals surface area contributed by atoms with Crippen molar-refractivity contribution in [2.75, 3.05) is 14.2 Å². The number of methoxy groups -OCH3 is 2. The summed E-state index contributed by atoms with van der Waals surface area (Å²) in [5, 5.41) is 0. The molecule has 0 atom stereocenters. The molecule has 7 nitrogen and oxygen atoms in total. The van der Waals surface area contributed by atoms with Crippen molar-refractivity contribution in [3.05, 3.63) is 23.3 Å². The van der Waals surface area contributed by atoms with Crippen LogP contribution in [0.15, 0.2) is 12.1 Å². The predicted octanol–water partition coefficient (Wildman–Crippen LogP) is 6.30. The summed E-state index contributed by atoms with van der Waals surface area (Å²) in [5.74, 6) is 1.41. The van der Waals surface area contributed by atoms with Crippen molar-refractivity contribution in [2.24, 2.45) is 5.92 Å². The van der Waals surface area contributed by atoms with Crippen molar-refractivity contribution in [3.8, 4) is 11.5 Å². The van der Waals surface area contributed by atoms with E-state index in [0.29, 0.717) is 23.0 Å². The maximum atomic E-state index is 13.2. The number of rotatable bonds is 6. The molecule has 1 amide bonds. The van der Waals surface area contributed by atoms with Crippen LogP contribution in [0.2, 0.25) is 0 Å². The topological polar surface area (TPSA) is 74.3 Å². The Bertz CT molecular complexity index is 876. The van der Waals surface area contributed by atoms with E-state index in [1.54, 1.807) is 19.2 Å². The molecule has 196 valence electrons. The van der Waals surface area contributed by atoms with Gasteiger partial charge in [0.05, 0.1) is 14.2 Å². The molecular weight excluding hydrogens is 446 g/mol. The monoisotopic (exact) mass is 489 g/mol. The number of benzene rings is 1. The summed E-state index contributed by atoms with van der Waals surface area (Å²) in [7, 11) is 3.12. The fourth-order valence-electron chi connectivity index (χ4n) is 5.35. The number of hydrogen-bond acceptors (Lipinski definition) is 6. The third-order valence-electron chi connectivity index (χ3n) is 7.23. The van der Waals surface area contributed by atoms with E-state index in [9.17, 15) is 9.59 Å². The normalized spacial score (nSPS) is 24.9. The highest BCUT2D eigenvalue weighted by molar-refractivity contribution is 5.94. The average molecular weight is 490 g/mol. The third kappa shape index (κ3) is 7.05. The lowest BCUT2D eigenvalue weighted by Crippen LogP contribution is -2.51. The van der Waals surface area contributed by atoms with E-state index in [-0.39, 0.29) is 30.3 Å². The summed E-state index contributed by atoms with van der Waals surface area (Å²) in [5.41, 5.74) is 0.656. The lowest BCUT2D eigenvalue weighted by atomic mass is 9.84. The molecule has 2 saturated carbocycles. The summed E-state index contributed by atoms with van der Waals surface area (Å²) in [6.45, 7) is 9.88. The second kappa shape index (κ2) is 11.5. The van der Waals surface area contributed by atoms with Crippen LogP contribution in [0.3, 0.4) is 0 Å². The number of carbonyl (C=O) groups excluding carboxylic acids is 2. The minimum Gasteiger partial charge on any atom is -0.497 e. The van der Waals surface area contributed by atoms with Gasteiger partial charge >= 0.3 is 12.1 Å². The Morgan fingerprint density at radius 3 is 1.97 bits per heavy atom. The van der Waals surface area contributed by atoms with E-state index in [4.69, 9.17) is 18.9 Å². The van der Waals surface area contributed by atoms with Crippen molar-refractivity contribution >= 4 is 12.1 Å². The molecule has 2 fully saturated rings. The second-order valence-corrected chi connectivity index (χ2v) is 11.2. The highest BCUT2D eigenvalue weighted by atomic mass is 16.6. The van der Waals surface area contributed by atoms with Crippen LogP contribution in [0, 0.1) is 12.8 Å². The minimum absolute atomic E-state index is 0.107. The molecule has 0 aromatic heterocycles. The van der Waals surface area contributed by atoms with Crippen molar-refractivity contribution in [1.82, 2.24) is 4.90 Å². The van der Waals surface area contributed by atoms with E-state index >= 15 is 0 Å². The number of carbonyl (C=O) groups is 2. The largest absolute Gasteiger partial charge is 0.497 e. The summed E-state index contributed by atoms with van der Waals surface area (Å²) >= 11 is 0. The first-order valence-electron chi connectivity index (χ1n) is 13.0. The Morgan fingerprint density at radius 2 is 1.46 bits per heavy atom. The van der Waals surface area contributed by atoms with Crippen molar-refractivity contribution < 1.29 is 28.5 Å². The molecule has 0 bridgehead atoms. The molecule has 0 N–H and O–H groups in total. The molecule has 7 heteroatoms. The Hall–Kier alpha value is -2.44. The molecule has 0 spiro atoms. The van der Waals surface area contributed by atoms with E-state index in [1.807, 2.05) is 32.6 Å². The molecule has 0 radical (unpaired) electrons. The van der Waals surface area contributed by atoms with E-state index in [1.165, 1.54) is 7.11 Å². The fraction of sp³-hybridized carbons (Fsp3) is 0.714. The van der Waals surface area contributed by atoms with Gasteiger partial charge in [-0.1, -0.05) is 6.92 Å². The van der Waals surface area contributed by atoms with Crippen LogP contribution in [0.5, 0.6) is 11.5 Å². The van der Waals surface area contributed by atoms with Gasteiger partial charge in [0.25, 0.3) is 0 Å². The zero-order valence-electron chi connectivity index (χ0n) is 22.5. The number of nitrogens with zero attached hydrogens (tertiary/aromatic N) is 1. The number of hydrogen-bond donors (Lipinski definition) is 0. The van der Waals surface area contributed by atoms with E-state index in [2.05, 4.69) is 6.92 Å². The zero-order valence-corrected chi connectivity index (χ0v) is 22.5. The maximum absolute atomic E-state index is 13.2. The summed E-state index contributed by atoms with van der Waals surface area (Å²) in [4.78, 5) is 28.3. The van der Waals surface area contributed by atoms with Gasteiger partial charge in [-0.05, 0) is 96.6 Å². The van der Waals surface area contributed by atoms with Crippen LogP contribution in [-0.2, 0) is 9.47 Å². The lowest BCUT2D eigenvalue weighted by molar-refractivity contribution is -0.0203.